The van der Waals surface area contributed by atoms with Gasteiger partial charge in [0.25, 0.3) is 0 Å². The molecule has 0 spiro atoms. The van der Waals surface area contributed by atoms with Gasteiger partial charge in [-0.2, -0.15) is 13.5 Å². The lowest BCUT2D eigenvalue weighted by molar-refractivity contribution is -0.161. The Morgan fingerprint density at radius 2 is 1.62 bits per heavy atom. The monoisotopic (exact) mass is 829 g/mol. The molecule has 1 unspecified atom stereocenters. The molecule has 16 heteroatoms. The van der Waals surface area contributed by atoms with E-state index in [9.17, 15) is 26.8 Å². The highest BCUT2D eigenvalue weighted by atomic mass is 35.5. The summed E-state index contributed by atoms with van der Waals surface area (Å²) >= 11 is 12.9. The summed E-state index contributed by atoms with van der Waals surface area (Å²) < 4.78 is 79.5. The number of carbonyl (C=O) groups is 2. The fourth-order valence-corrected chi connectivity index (χ4v) is 8.68. The number of esters is 2. The predicted octanol–water partition coefficient (Wildman–Crippen LogP) is 7.58. The predicted molar refractivity (Wildman–Crippen MR) is 202 cm³/mol. The third-order valence-corrected chi connectivity index (χ3v) is 12.3. The summed E-state index contributed by atoms with van der Waals surface area (Å²) in [7, 11) is -4.43. The molecule has 3 aromatic carbocycles. The fraction of sp³-hybridized carbons (Fsp3) is 0.375. The number of aromatic nitrogens is 1. The first-order chi connectivity index (χ1) is 26.9. The molecule has 3 atom stereocenters. The summed E-state index contributed by atoms with van der Waals surface area (Å²) in [5.74, 6) is -1.31. The number of piperidine rings is 3. The van der Waals surface area contributed by atoms with Crippen molar-refractivity contribution in [2.75, 3.05) is 26.2 Å². The van der Waals surface area contributed by atoms with Gasteiger partial charge in [0, 0.05) is 25.4 Å². The van der Waals surface area contributed by atoms with Gasteiger partial charge in [-0.1, -0.05) is 65.7 Å². The van der Waals surface area contributed by atoms with Crippen LogP contribution in [0.2, 0.25) is 10.0 Å². The van der Waals surface area contributed by atoms with Crippen LogP contribution < -0.4 is 14.2 Å². The van der Waals surface area contributed by atoms with Crippen LogP contribution in [0.3, 0.4) is 0 Å². The number of nitrogens with one attached hydrogen (secondary N) is 1. The number of rotatable bonds is 16. The third kappa shape index (κ3) is 9.78. The summed E-state index contributed by atoms with van der Waals surface area (Å²) in [5, 5.41) is 0.390. The highest BCUT2D eigenvalue weighted by Crippen LogP contribution is 2.38. The van der Waals surface area contributed by atoms with Crippen LogP contribution >= 0.6 is 23.2 Å². The van der Waals surface area contributed by atoms with Gasteiger partial charge >= 0.3 is 18.6 Å². The van der Waals surface area contributed by atoms with E-state index in [2.05, 4.69) is 14.6 Å². The van der Waals surface area contributed by atoms with Gasteiger partial charge in [-0.3, -0.25) is 9.88 Å². The Hall–Kier alpha value is -4.34. The highest BCUT2D eigenvalue weighted by Gasteiger charge is 2.39. The summed E-state index contributed by atoms with van der Waals surface area (Å²) in [6.07, 6.45) is 4.92. The van der Waals surface area contributed by atoms with Gasteiger partial charge in [0.15, 0.2) is 11.5 Å². The minimum absolute atomic E-state index is 0.0295. The number of halogens is 4. The zero-order valence-corrected chi connectivity index (χ0v) is 32.3. The number of hydrogen-bond donors (Lipinski definition) is 1. The summed E-state index contributed by atoms with van der Waals surface area (Å²) in [5.41, 5.74) is 0.998. The fourth-order valence-electron chi connectivity index (χ4n) is 6.94. The first-order valence-electron chi connectivity index (χ1n) is 18.2. The van der Waals surface area contributed by atoms with E-state index in [1.165, 1.54) is 48.8 Å². The van der Waals surface area contributed by atoms with Gasteiger partial charge in [-0.05, 0) is 97.6 Å². The zero-order valence-electron chi connectivity index (χ0n) is 30.0. The molecule has 0 amide bonds. The number of alkyl halides is 2. The minimum Gasteiger partial charge on any atom is -0.489 e. The van der Waals surface area contributed by atoms with E-state index < -0.39 is 40.7 Å². The van der Waals surface area contributed by atoms with Gasteiger partial charge in [0.1, 0.15) is 18.2 Å². The van der Waals surface area contributed by atoms with Gasteiger partial charge in [-0.15, -0.1) is 0 Å². The Kier molecular flexibility index (Phi) is 12.4. The van der Waals surface area contributed by atoms with Crippen LogP contribution in [0, 0.1) is 11.8 Å². The Labute approximate surface area is 333 Å². The number of fused-ring (bicyclic) bond motifs is 3. The quantitative estimate of drug-likeness (QED) is 0.113. The molecular formula is C40H39Cl2F2N3O8S. The first kappa shape index (κ1) is 39.9. The van der Waals surface area contributed by atoms with Crippen LogP contribution in [-0.4, -0.2) is 69.2 Å². The lowest BCUT2D eigenvalue weighted by Crippen LogP contribution is -2.52. The van der Waals surface area contributed by atoms with Gasteiger partial charge in [-0.25, -0.2) is 18.0 Å². The second-order valence-corrected chi connectivity index (χ2v) is 16.7. The largest absolute Gasteiger partial charge is 0.489 e. The van der Waals surface area contributed by atoms with Crippen molar-refractivity contribution in [1.29, 1.82) is 0 Å². The number of nitrogens with zero attached hydrogens (tertiary/aromatic N) is 2. The Balaban J connectivity index is 1.14. The first-order valence-corrected chi connectivity index (χ1v) is 20.5. The van der Waals surface area contributed by atoms with Crippen molar-refractivity contribution in [3.05, 3.63) is 117 Å². The van der Waals surface area contributed by atoms with E-state index in [0.29, 0.717) is 23.2 Å². The van der Waals surface area contributed by atoms with E-state index in [0.717, 1.165) is 44.8 Å². The molecule has 3 aliphatic heterocycles. The van der Waals surface area contributed by atoms with E-state index >= 15 is 0 Å². The lowest BCUT2D eigenvalue weighted by atomic mass is 9.86. The Bertz CT molecular complexity index is 2130. The van der Waals surface area contributed by atoms with Crippen LogP contribution in [0.4, 0.5) is 8.78 Å². The number of ether oxygens (including phenoxy) is 4. The molecule has 1 saturated carbocycles. The third-order valence-electron chi connectivity index (χ3n) is 10.2. The van der Waals surface area contributed by atoms with Crippen LogP contribution in [0.5, 0.6) is 11.5 Å². The molecule has 11 nitrogen and oxygen atoms in total. The molecule has 296 valence electrons. The Morgan fingerprint density at radius 3 is 2.29 bits per heavy atom. The molecule has 1 N–H and O–H groups in total. The smallest absolute Gasteiger partial charge is 0.387 e. The van der Waals surface area contributed by atoms with Crippen LogP contribution in [-0.2, 0) is 30.7 Å². The molecule has 4 aliphatic rings. The number of carbonyl (C=O) groups excluding carboxylic acids is 2. The number of pyridine rings is 1. The SMILES string of the molecule is O=C(O[C@@H](Cc1c(Cl)cncc1Cl)c1ccc(OC(F)F)c(OCC2CC2)c1)c1cccc(S(=O)(=O)NC(C(=O)O[C@@H]2CN3CCC2CC3)c2ccccc2)c1. The van der Waals surface area contributed by atoms with E-state index in [1.54, 1.807) is 30.3 Å². The van der Waals surface area contributed by atoms with Crippen molar-refractivity contribution in [2.45, 2.75) is 61.9 Å². The van der Waals surface area contributed by atoms with Crippen molar-refractivity contribution < 1.29 is 45.7 Å². The van der Waals surface area contributed by atoms with Gasteiger partial charge < -0.3 is 18.9 Å². The van der Waals surface area contributed by atoms with Gasteiger partial charge in [0.2, 0.25) is 10.0 Å². The van der Waals surface area contributed by atoms with Crippen LogP contribution in [0.15, 0.2) is 90.1 Å². The second kappa shape index (κ2) is 17.4. The highest BCUT2D eigenvalue weighted by molar-refractivity contribution is 7.89. The molecule has 4 fully saturated rings. The average Bonchev–Trinajstić information content (AvgIpc) is 4.03. The zero-order chi connectivity index (χ0) is 39.4. The molecular weight excluding hydrogens is 791 g/mol. The van der Waals surface area contributed by atoms with Crippen molar-refractivity contribution in [1.82, 2.24) is 14.6 Å². The maximum atomic E-state index is 13.9. The number of hydrogen-bond acceptors (Lipinski definition) is 10. The minimum atomic E-state index is -4.43. The number of sulfonamides is 1. The molecule has 1 aromatic heterocycles. The number of benzene rings is 3. The molecule has 1 aliphatic carbocycles. The van der Waals surface area contributed by atoms with Crippen molar-refractivity contribution in [2.24, 2.45) is 11.8 Å². The van der Waals surface area contributed by atoms with Crippen molar-refractivity contribution >= 4 is 45.2 Å². The van der Waals surface area contributed by atoms with Crippen molar-refractivity contribution in [3.8, 4) is 11.5 Å². The second-order valence-electron chi connectivity index (χ2n) is 14.1. The molecule has 0 radical (unpaired) electrons. The molecule has 56 heavy (non-hydrogen) atoms. The van der Waals surface area contributed by atoms with Crippen LogP contribution in [0.1, 0.15) is 64.9 Å². The summed E-state index contributed by atoms with van der Waals surface area (Å²) in [6, 6.07) is 16.4. The standard InChI is InChI=1S/C40H39Cl2F2N3O8S/c41-31-20-45-21-32(42)30(31)19-34(27-11-12-33(55-40(43)44)35(18-27)52-23-24-9-10-24)53-38(48)28-7-4-8-29(17-28)56(50,51)46-37(26-5-2-1-3-6-26)39(49)54-36-22-47-15-13-25(36)14-16-47/h1-8,11-12,17-18,20-21,24-25,34,36-37,40,46H,9-10,13-16,19,22-23H2/t34-,36+,37?/m0/s1. The Morgan fingerprint density at radius 1 is 0.893 bits per heavy atom. The van der Waals surface area contributed by atoms with E-state index in [-0.39, 0.29) is 63.0 Å². The topological polar surface area (TPSA) is 133 Å². The molecule has 2 bridgehead atoms. The molecule has 8 rings (SSSR count). The molecule has 4 heterocycles. The maximum absolute atomic E-state index is 13.9. The lowest BCUT2D eigenvalue weighted by Gasteiger charge is -2.44. The average molecular weight is 831 g/mol. The van der Waals surface area contributed by atoms with E-state index in [4.69, 9.17) is 42.1 Å². The van der Waals surface area contributed by atoms with Crippen molar-refractivity contribution in [3.63, 3.8) is 0 Å². The van der Waals surface area contributed by atoms with Gasteiger partial charge in [0.05, 0.1) is 27.1 Å². The molecule has 4 aromatic rings. The molecule has 3 saturated heterocycles. The van der Waals surface area contributed by atoms with Crippen LogP contribution in [0.25, 0.3) is 0 Å². The summed E-state index contributed by atoms with van der Waals surface area (Å²) in [4.78, 5) is 33.5. The van der Waals surface area contributed by atoms with E-state index in [1.807, 2.05) is 0 Å². The summed E-state index contributed by atoms with van der Waals surface area (Å²) in [6.45, 7) is -0.345. The normalized spacial score (nSPS) is 20.3. The maximum Gasteiger partial charge on any atom is 0.387 e.